The topological polar surface area (TPSA) is 41.1 Å². The van der Waals surface area contributed by atoms with E-state index in [-0.39, 0.29) is 5.82 Å². The highest BCUT2D eigenvalue weighted by molar-refractivity contribution is 5.25. The van der Waals surface area contributed by atoms with E-state index in [2.05, 4.69) is 34.0 Å². The van der Waals surface area contributed by atoms with Gasteiger partial charge in [0.05, 0.1) is 0 Å². The summed E-state index contributed by atoms with van der Waals surface area (Å²) < 4.78 is 13.0. The number of nitrogens with one attached hydrogen (secondary N) is 1. The lowest BCUT2D eigenvalue weighted by molar-refractivity contribution is 0.161. The second-order valence-electron chi connectivity index (χ2n) is 7.62. The molecule has 1 N–H and O–H groups in total. The van der Waals surface area contributed by atoms with E-state index in [1.165, 1.54) is 24.0 Å². The van der Waals surface area contributed by atoms with E-state index < -0.39 is 0 Å². The molecule has 3 rings (SSSR count). The van der Waals surface area contributed by atoms with Gasteiger partial charge in [-0.15, -0.1) is 0 Å². The minimum absolute atomic E-state index is 0.158. The van der Waals surface area contributed by atoms with Gasteiger partial charge in [0.2, 0.25) is 5.95 Å². The Bertz CT molecular complexity index is 669. The summed E-state index contributed by atoms with van der Waals surface area (Å²) in [6.45, 7) is 7.33. The Morgan fingerprint density at radius 2 is 1.88 bits per heavy atom. The van der Waals surface area contributed by atoms with E-state index >= 15 is 0 Å². The van der Waals surface area contributed by atoms with Crippen molar-refractivity contribution in [1.29, 1.82) is 0 Å². The van der Waals surface area contributed by atoms with Gasteiger partial charge in [-0.05, 0) is 69.7 Å². The zero-order valence-electron chi connectivity index (χ0n) is 15.8. The number of halogens is 1. The second-order valence-corrected chi connectivity index (χ2v) is 7.62. The van der Waals surface area contributed by atoms with Crippen molar-refractivity contribution in [3.05, 3.63) is 53.6 Å². The number of likely N-dealkylation sites (tertiary alicyclic amines) is 1. The summed E-state index contributed by atoms with van der Waals surface area (Å²) >= 11 is 0. The summed E-state index contributed by atoms with van der Waals surface area (Å²) in [6, 6.07) is 7.26. The molecule has 1 aromatic carbocycles. The zero-order chi connectivity index (χ0) is 18.4. The van der Waals surface area contributed by atoms with Gasteiger partial charge in [0, 0.05) is 37.1 Å². The van der Waals surface area contributed by atoms with Crippen molar-refractivity contribution in [2.24, 2.45) is 5.92 Å². The molecule has 0 saturated carbocycles. The average molecular weight is 356 g/mol. The Labute approximate surface area is 155 Å². The van der Waals surface area contributed by atoms with Crippen LogP contribution in [0.25, 0.3) is 0 Å². The summed E-state index contributed by atoms with van der Waals surface area (Å²) in [7, 11) is 0. The smallest absolute Gasteiger partial charge is 0.222 e. The standard InChI is InChI=1S/C21H29FN4/c1-16(2)25-21-23-12-19(13-24-21)15-26-11-3-4-18(14-26)6-5-17-7-9-20(22)10-8-17/h7-10,12-13,16,18H,3-6,11,14-15H2,1-2H3,(H,23,24,25)/t18-/m1/s1. The third-order valence-electron chi connectivity index (χ3n) is 4.89. The molecule has 0 spiro atoms. The minimum Gasteiger partial charge on any atom is -0.352 e. The number of anilines is 1. The molecule has 0 unspecified atom stereocenters. The van der Waals surface area contributed by atoms with Crippen molar-refractivity contribution in [3.63, 3.8) is 0 Å². The number of nitrogens with zero attached hydrogens (tertiary/aromatic N) is 3. The van der Waals surface area contributed by atoms with Crippen molar-refractivity contribution in [1.82, 2.24) is 14.9 Å². The fourth-order valence-electron chi connectivity index (χ4n) is 3.58. The maximum atomic E-state index is 13.0. The highest BCUT2D eigenvalue weighted by Crippen LogP contribution is 2.23. The summed E-state index contributed by atoms with van der Waals surface area (Å²) in [5.74, 6) is 1.24. The summed E-state index contributed by atoms with van der Waals surface area (Å²) in [4.78, 5) is 11.3. The van der Waals surface area contributed by atoms with Crippen LogP contribution in [0.15, 0.2) is 36.7 Å². The molecule has 2 aromatic rings. The van der Waals surface area contributed by atoms with Crippen LogP contribution in [0.5, 0.6) is 0 Å². The zero-order valence-corrected chi connectivity index (χ0v) is 15.8. The molecule has 0 radical (unpaired) electrons. The number of benzene rings is 1. The minimum atomic E-state index is -0.158. The first-order valence-electron chi connectivity index (χ1n) is 9.63. The molecule has 0 aliphatic carbocycles. The van der Waals surface area contributed by atoms with E-state index in [4.69, 9.17) is 0 Å². The first-order chi connectivity index (χ1) is 12.6. The van der Waals surface area contributed by atoms with Gasteiger partial charge in [0.15, 0.2) is 0 Å². The summed E-state index contributed by atoms with van der Waals surface area (Å²) in [5.41, 5.74) is 2.39. The molecule has 1 atom stereocenters. The SMILES string of the molecule is CC(C)Nc1ncc(CN2CCC[C@H](CCc3ccc(F)cc3)C2)cn1. The monoisotopic (exact) mass is 356 g/mol. The maximum Gasteiger partial charge on any atom is 0.222 e. The molecule has 1 aromatic heterocycles. The van der Waals surface area contributed by atoms with Crippen LogP contribution < -0.4 is 5.32 Å². The molecule has 4 nitrogen and oxygen atoms in total. The lowest BCUT2D eigenvalue weighted by atomic mass is 9.91. The van der Waals surface area contributed by atoms with Gasteiger partial charge in [-0.1, -0.05) is 12.1 Å². The van der Waals surface area contributed by atoms with E-state index in [0.29, 0.717) is 17.9 Å². The van der Waals surface area contributed by atoms with Gasteiger partial charge in [-0.25, -0.2) is 14.4 Å². The van der Waals surface area contributed by atoms with Gasteiger partial charge in [-0.2, -0.15) is 0 Å². The lowest BCUT2D eigenvalue weighted by Gasteiger charge is -2.32. The second kappa shape index (κ2) is 9.08. The molecular weight excluding hydrogens is 327 g/mol. The van der Waals surface area contributed by atoms with E-state index in [0.717, 1.165) is 32.5 Å². The molecular formula is C21H29FN4. The Balaban J connectivity index is 1.47. The molecule has 1 aliphatic heterocycles. The number of aromatic nitrogens is 2. The van der Waals surface area contributed by atoms with Crippen LogP contribution in [-0.4, -0.2) is 34.0 Å². The number of rotatable bonds is 7. The first kappa shape index (κ1) is 18.8. The summed E-state index contributed by atoms with van der Waals surface area (Å²) in [5, 5.41) is 3.22. The number of aryl methyl sites for hydroxylation is 1. The lowest BCUT2D eigenvalue weighted by Crippen LogP contribution is -2.35. The van der Waals surface area contributed by atoms with E-state index in [1.54, 1.807) is 12.1 Å². The normalized spacial score (nSPS) is 18.2. The maximum absolute atomic E-state index is 13.0. The van der Waals surface area contributed by atoms with Crippen molar-refractivity contribution in [2.75, 3.05) is 18.4 Å². The molecule has 26 heavy (non-hydrogen) atoms. The van der Waals surface area contributed by atoms with Gasteiger partial charge in [0.25, 0.3) is 0 Å². The van der Waals surface area contributed by atoms with Gasteiger partial charge < -0.3 is 5.32 Å². The average Bonchev–Trinajstić information content (AvgIpc) is 2.63. The molecule has 0 amide bonds. The third-order valence-corrected chi connectivity index (χ3v) is 4.89. The molecule has 1 fully saturated rings. The van der Waals surface area contributed by atoms with Crippen LogP contribution in [0.4, 0.5) is 10.3 Å². The van der Waals surface area contributed by atoms with Gasteiger partial charge in [0.1, 0.15) is 5.82 Å². The van der Waals surface area contributed by atoms with Gasteiger partial charge in [-0.3, -0.25) is 4.90 Å². The molecule has 2 heterocycles. The van der Waals surface area contributed by atoms with Crippen LogP contribution in [-0.2, 0) is 13.0 Å². The Kier molecular flexibility index (Phi) is 6.56. The Morgan fingerprint density at radius 3 is 2.58 bits per heavy atom. The largest absolute Gasteiger partial charge is 0.352 e. The predicted octanol–water partition coefficient (Wildman–Crippen LogP) is 4.28. The molecule has 5 heteroatoms. The molecule has 1 aliphatic rings. The first-order valence-corrected chi connectivity index (χ1v) is 9.63. The van der Waals surface area contributed by atoms with Crippen LogP contribution in [0.3, 0.4) is 0 Å². The van der Waals surface area contributed by atoms with Crippen molar-refractivity contribution in [2.45, 2.75) is 52.1 Å². The van der Waals surface area contributed by atoms with Crippen LogP contribution in [0.1, 0.15) is 44.2 Å². The quantitative estimate of drug-likeness (QED) is 0.804. The van der Waals surface area contributed by atoms with E-state index in [9.17, 15) is 4.39 Å². The van der Waals surface area contributed by atoms with Crippen LogP contribution in [0, 0.1) is 11.7 Å². The van der Waals surface area contributed by atoms with Crippen molar-refractivity contribution < 1.29 is 4.39 Å². The Hall–Kier alpha value is -2.01. The van der Waals surface area contributed by atoms with Crippen molar-refractivity contribution in [3.8, 4) is 0 Å². The summed E-state index contributed by atoms with van der Waals surface area (Å²) in [6.07, 6.45) is 8.57. The molecule has 1 saturated heterocycles. The van der Waals surface area contributed by atoms with Crippen LogP contribution >= 0.6 is 0 Å². The number of hydrogen-bond donors (Lipinski definition) is 1. The van der Waals surface area contributed by atoms with E-state index in [1.807, 2.05) is 24.5 Å². The fourth-order valence-corrected chi connectivity index (χ4v) is 3.58. The molecule has 140 valence electrons. The number of hydrogen-bond acceptors (Lipinski definition) is 4. The fraction of sp³-hybridized carbons (Fsp3) is 0.524. The predicted molar refractivity (Wildman–Crippen MR) is 104 cm³/mol. The van der Waals surface area contributed by atoms with Gasteiger partial charge >= 0.3 is 0 Å². The Morgan fingerprint density at radius 1 is 1.15 bits per heavy atom. The molecule has 0 bridgehead atoms. The highest BCUT2D eigenvalue weighted by Gasteiger charge is 2.20. The third kappa shape index (κ3) is 5.77. The highest BCUT2D eigenvalue weighted by atomic mass is 19.1. The van der Waals surface area contributed by atoms with Crippen molar-refractivity contribution >= 4 is 5.95 Å². The van der Waals surface area contributed by atoms with Crippen LogP contribution in [0.2, 0.25) is 0 Å². The number of piperidine rings is 1.